The second-order valence-corrected chi connectivity index (χ2v) is 12.2. The van der Waals surface area contributed by atoms with Gasteiger partial charge in [0.2, 0.25) is 0 Å². The van der Waals surface area contributed by atoms with Crippen LogP contribution in [0.2, 0.25) is 0 Å². The number of allylic oxidation sites excluding steroid dienone is 8. The fourth-order valence-electron chi connectivity index (χ4n) is 9.46. The van der Waals surface area contributed by atoms with E-state index >= 15 is 0 Å². The van der Waals surface area contributed by atoms with E-state index in [2.05, 4.69) is 89.0 Å². The van der Waals surface area contributed by atoms with Crippen LogP contribution in [0.3, 0.4) is 0 Å². The molecule has 208 valence electrons. The minimum atomic E-state index is 0.390. The van der Waals surface area contributed by atoms with Crippen LogP contribution in [-0.4, -0.2) is 9.35 Å². The van der Waals surface area contributed by atoms with Crippen molar-refractivity contribution in [1.29, 1.82) is 0 Å². The van der Waals surface area contributed by atoms with Crippen molar-refractivity contribution in [3.05, 3.63) is 89.6 Å². The Hall–Kier alpha value is -3.00. The summed E-state index contributed by atoms with van der Waals surface area (Å²) < 4.78 is 5.35. The van der Waals surface area contributed by atoms with Gasteiger partial charge < -0.3 is 0 Å². The highest BCUT2D eigenvalue weighted by atomic mass is 15.5. The van der Waals surface area contributed by atoms with E-state index in [1.807, 2.05) is 0 Å². The summed E-state index contributed by atoms with van der Waals surface area (Å²) in [7, 11) is 0. The number of hydrogen-bond acceptors (Lipinski definition) is 0. The first-order valence-electron chi connectivity index (χ1n) is 16.4. The molecule has 2 nitrogen and oxygen atoms in total. The van der Waals surface area contributed by atoms with Crippen LogP contribution < -0.4 is 0 Å². The highest BCUT2D eigenvalue weighted by molar-refractivity contribution is 5.85. The quantitative estimate of drug-likeness (QED) is 0.321. The van der Waals surface area contributed by atoms with Crippen molar-refractivity contribution in [3.8, 4) is 0 Å². The molecule has 4 aliphatic heterocycles. The average Bonchev–Trinajstić information content (AvgIpc) is 3.66. The Morgan fingerprint density at radius 2 is 0.600 bits per heavy atom. The predicted molar refractivity (Wildman–Crippen MR) is 171 cm³/mol. The molecule has 6 heterocycles. The zero-order valence-corrected chi connectivity index (χ0v) is 26.0. The van der Waals surface area contributed by atoms with E-state index in [1.54, 1.807) is 66.8 Å². The molecule has 0 unspecified atom stereocenters. The summed E-state index contributed by atoms with van der Waals surface area (Å²) in [5, 5.41) is 0. The standard InChI is InChI=1S/C38H46N2/c1-9-21-22(10-2)30-18-34-27(15-7)28(16-8)36-20-32-24(12-4)23(11-3)31-19-35-26(14-6)25(13-5)33(39(35)40(34)36)17-29(21)37(30)38(31)32/h17-20,37-38H,9-16H2,1-8H3. The van der Waals surface area contributed by atoms with Crippen LogP contribution in [0.4, 0.5) is 0 Å². The molecule has 12 bridgehead atoms. The van der Waals surface area contributed by atoms with E-state index in [9.17, 15) is 0 Å². The molecule has 2 heteroatoms. The highest BCUT2D eigenvalue weighted by Gasteiger charge is 2.48. The van der Waals surface area contributed by atoms with Crippen LogP contribution in [0.15, 0.2) is 44.6 Å². The topological polar surface area (TPSA) is 9.86 Å². The molecule has 0 atom stereocenters. The third-order valence-corrected chi connectivity index (χ3v) is 10.9. The summed E-state index contributed by atoms with van der Waals surface area (Å²) in [6.07, 6.45) is 19.4. The maximum atomic E-state index is 2.67. The number of aromatic nitrogens is 2. The lowest BCUT2D eigenvalue weighted by Gasteiger charge is -2.29. The molecule has 6 aliphatic rings. The lowest BCUT2D eigenvalue weighted by atomic mass is 9.73. The van der Waals surface area contributed by atoms with Gasteiger partial charge in [0.25, 0.3) is 0 Å². The van der Waals surface area contributed by atoms with Crippen molar-refractivity contribution in [3.63, 3.8) is 0 Å². The van der Waals surface area contributed by atoms with E-state index < -0.39 is 0 Å². The third-order valence-electron chi connectivity index (χ3n) is 10.9. The van der Waals surface area contributed by atoms with Gasteiger partial charge in [-0.3, -0.25) is 0 Å². The molecule has 0 spiro atoms. The van der Waals surface area contributed by atoms with Gasteiger partial charge in [0.15, 0.2) is 0 Å². The smallest absolute Gasteiger partial charge is 0.0675 e. The Balaban J connectivity index is 1.82. The van der Waals surface area contributed by atoms with Crippen molar-refractivity contribution in [2.45, 2.75) is 107 Å². The molecule has 8 rings (SSSR count). The Kier molecular flexibility index (Phi) is 6.01. The molecule has 0 N–H and O–H groups in total. The van der Waals surface area contributed by atoms with Crippen molar-refractivity contribution < 1.29 is 0 Å². The second kappa shape index (κ2) is 9.26. The van der Waals surface area contributed by atoms with Gasteiger partial charge in [0.05, 0.1) is 22.8 Å². The molecule has 2 aromatic heterocycles. The fourth-order valence-corrected chi connectivity index (χ4v) is 9.46. The molecule has 2 aliphatic carbocycles. The van der Waals surface area contributed by atoms with Crippen molar-refractivity contribution in [2.24, 2.45) is 11.8 Å². The van der Waals surface area contributed by atoms with Crippen LogP contribution >= 0.6 is 0 Å². The SMILES string of the molecule is CCC1=C(CC)C2=Cc3c(CC)c(CC)c4n3-n3c5c(CC)c(CC)c3C=C3C(CC)=C(CC)C(=C4)C3C2C1=C5. The van der Waals surface area contributed by atoms with Crippen LogP contribution in [0.25, 0.3) is 24.3 Å². The summed E-state index contributed by atoms with van der Waals surface area (Å²) in [5.74, 6) is 0.780. The molecule has 40 heavy (non-hydrogen) atoms. The van der Waals surface area contributed by atoms with E-state index in [0.29, 0.717) is 11.8 Å². The highest BCUT2D eigenvalue weighted by Crippen LogP contribution is 2.60. The predicted octanol–water partition coefficient (Wildman–Crippen LogP) is 9.92. The summed E-state index contributed by atoms with van der Waals surface area (Å²) in [6.45, 7) is 19.0. The molecule has 0 aromatic carbocycles. The van der Waals surface area contributed by atoms with E-state index in [1.165, 1.54) is 22.8 Å². The maximum absolute atomic E-state index is 2.67. The molecule has 0 saturated carbocycles. The fraction of sp³-hybridized carbons (Fsp3) is 0.474. The van der Waals surface area contributed by atoms with E-state index in [-0.39, 0.29) is 0 Å². The van der Waals surface area contributed by atoms with Gasteiger partial charge in [-0.1, -0.05) is 55.4 Å². The third kappa shape index (κ3) is 2.96. The number of rotatable bonds is 8. The first-order valence-corrected chi connectivity index (χ1v) is 16.4. The minimum Gasteiger partial charge on any atom is -0.248 e. The molecular formula is C38H46N2. The molecule has 0 radical (unpaired) electrons. The van der Waals surface area contributed by atoms with Crippen LogP contribution in [0.1, 0.15) is 126 Å². The molecule has 0 saturated heterocycles. The average molecular weight is 531 g/mol. The van der Waals surface area contributed by atoms with E-state index in [0.717, 1.165) is 51.4 Å². The Morgan fingerprint density at radius 1 is 0.375 bits per heavy atom. The molecule has 0 fully saturated rings. The van der Waals surface area contributed by atoms with Gasteiger partial charge in [0, 0.05) is 11.8 Å². The zero-order chi connectivity index (χ0) is 28.0. The maximum Gasteiger partial charge on any atom is 0.0675 e. The largest absolute Gasteiger partial charge is 0.248 e. The summed E-state index contributed by atoms with van der Waals surface area (Å²) >= 11 is 0. The lowest BCUT2D eigenvalue weighted by molar-refractivity contribution is 0.605. The number of nitrogens with zero attached hydrogens (tertiary/aromatic N) is 2. The van der Waals surface area contributed by atoms with E-state index in [4.69, 9.17) is 0 Å². The van der Waals surface area contributed by atoms with Crippen LogP contribution in [0, 0.1) is 11.8 Å². The second-order valence-electron chi connectivity index (χ2n) is 12.2. The molecular weight excluding hydrogens is 484 g/mol. The Bertz CT molecular complexity index is 1420. The first kappa shape index (κ1) is 25.9. The molecule has 0 amide bonds. The van der Waals surface area contributed by atoms with Gasteiger partial charge in [0.1, 0.15) is 0 Å². The minimum absolute atomic E-state index is 0.390. The van der Waals surface area contributed by atoms with Crippen molar-refractivity contribution in [1.82, 2.24) is 9.35 Å². The van der Waals surface area contributed by atoms with Crippen molar-refractivity contribution >= 4 is 24.3 Å². The first-order chi connectivity index (χ1) is 19.5. The van der Waals surface area contributed by atoms with Gasteiger partial charge >= 0.3 is 0 Å². The number of hydrogen-bond donors (Lipinski definition) is 0. The Labute approximate surface area is 241 Å². The monoisotopic (exact) mass is 530 g/mol. The van der Waals surface area contributed by atoms with Crippen molar-refractivity contribution in [2.75, 3.05) is 0 Å². The summed E-state index contributed by atoms with van der Waals surface area (Å²) in [5.41, 5.74) is 24.8. The normalized spacial score (nSPS) is 21.7. The molecule has 2 aromatic rings. The van der Waals surface area contributed by atoms with Crippen LogP contribution in [0.5, 0.6) is 0 Å². The van der Waals surface area contributed by atoms with Crippen LogP contribution in [-0.2, 0) is 25.7 Å². The van der Waals surface area contributed by atoms with Gasteiger partial charge in [-0.15, -0.1) is 0 Å². The zero-order valence-electron chi connectivity index (χ0n) is 26.0. The van der Waals surface area contributed by atoms with Gasteiger partial charge in [-0.2, -0.15) is 0 Å². The van der Waals surface area contributed by atoms with Gasteiger partial charge in [-0.25, -0.2) is 9.35 Å². The van der Waals surface area contributed by atoms with Gasteiger partial charge in [-0.05, 0) is 143 Å². The summed E-state index contributed by atoms with van der Waals surface area (Å²) in [6, 6.07) is 0. The lowest BCUT2D eigenvalue weighted by Crippen LogP contribution is -2.19. The summed E-state index contributed by atoms with van der Waals surface area (Å²) in [4.78, 5) is 0. The Morgan fingerprint density at radius 3 is 0.775 bits per heavy atom.